The van der Waals surface area contributed by atoms with Crippen molar-refractivity contribution in [1.29, 1.82) is 0 Å². The molecule has 0 heterocycles. The van der Waals surface area contributed by atoms with E-state index in [1.54, 1.807) is 0 Å². The Balaban J connectivity index is 2.69. The summed E-state index contributed by atoms with van der Waals surface area (Å²) in [4.78, 5) is 11.7. The maximum Gasteiger partial charge on any atom is 0.200 e. The molecule has 2 rings (SSSR count). The van der Waals surface area contributed by atoms with E-state index in [1.807, 2.05) is 0 Å². The average Bonchev–Trinajstić information content (AvgIpc) is 2.42. The Morgan fingerprint density at radius 3 is 1.43 bits per heavy atom. The van der Waals surface area contributed by atoms with Crippen molar-refractivity contribution in [2.75, 3.05) is 0 Å². The van der Waals surface area contributed by atoms with Gasteiger partial charge in [0.05, 0.1) is 0 Å². The number of halogens is 7. The zero-order chi connectivity index (χ0) is 15.9. The summed E-state index contributed by atoms with van der Waals surface area (Å²) in [6, 6.07) is 1.18. The highest BCUT2D eigenvalue weighted by atomic mass is 19.2. The van der Waals surface area contributed by atoms with Crippen LogP contribution in [0.3, 0.4) is 0 Å². The molecule has 0 saturated carbocycles. The van der Waals surface area contributed by atoms with Crippen LogP contribution in [0.15, 0.2) is 18.2 Å². The summed E-state index contributed by atoms with van der Waals surface area (Å²) in [6.45, 7) is 0. The largest absolute Gasteiger partial charge is 0.288 e. The van der Waals surface area contributed by atoms with Gasteiger partial charge in [0.25, 0.3) is 0 Å². The van der Waals surface area contributed by atoms with E-state index < -0.39 is 57.6 Å². The number of hydrogen-bond acceptors (Lipinski definition) is 1. The third-order valence-corrected chi connectivity index (χ3v) is 2.56. The van der Waals surface area contributed by atoms with Gasteiger partial charge in [0.2, 0.25) is 5.82 Å². The first kappa shape index (κ1) is 15.0. The van der Waals surface area contributed by atoms with Gasteiger partial charge in [-0.2, -0.15) is 0 Å². The minimum absolute atomic E-state index is 0.370. The molecule has 0 amide bonds. The Hall–Kier alpha value is -2.38. The third-order valence-electron chi connectivity index (χ3n) is 2.56. The predicted molar refractivity (Wildman–Crippen MR) is 56.0 cm³/mol. The second-order valence-corrected chi connectivity index (χ2v) is 3.93. The van der Waals surface area contributed by atoms with Crippen LogP contribution in [0, 0.1) is 40.7 Å². The fourth-order valence-electron chi connectivity index (χ4n) is 1.63. The van der Waals surface area contributed by atoms with E-state index in [-0.39, 0.29) is 0 Å². The quantitative estimate of drug-likeness (QED) is 0.356. The molecule has 1 nitrogen and oxygen atoms in total. The molecule has 110 valence electrons. The summed E-state index contributed by atoms with van der Waals surface area (Å²) < 4.78 is 91.5. The normalized spacial score (nSPS) is 10.8. The molecule has 0 aliphatic carbocycles. The van der Waals surface area contributed by atoms with Crippen LogP contribution in [-0.2, 0) is 0 Å². The molecular formula is C13H3F7O. The van der Waals surface area contributed by atoms with Crippen LogP contribution in [0.2, 0.25) is 0 Å². The smallest absolute Gasteiger partial charge is 0.200 e. The zero-order valence-electron chi connectivity index (χ0n) is 9.79. The SMILES string of the molecule is O=C(c1cc(F)cc(F)c1)c1c(F)c(F)c(F)c(F)c1F. The van der Waals surface area contributed by atoms with Gasteiger partial charge in [0.1, 0.15) is 17.2 Å². The Kier molecular flexibility index (Phi) is 3.71. The number of carbonyl (C=O) groups excluding carboxylic acids is 1. The Morgan fingerprint density at radius 1 is 0.619 bits per heavy atom. The number of carbonyl (C=O) groups is 1. The van der Waals surface area contributed by atoms with Crippen molar-refractivity contribution in [3.63, 3.8) is 0 Å². The molecule has 0 N–H and O–H groups in total. The van der Waals surface area contributed by atoms with Crippen LogP contribution in [0.1, 0.15) is 15.9 Å². The van der Waals surface area contributed by atoms with Crippen molar-refractivity contribution in [2.45, 2.75) is 0 Å². The van der Waals surface area contributed by atoms with Gasteiger partial charge in [0.15, 0.2) is 29.1 Å². The highest BCUT2D eigenvalue weighted by Gasteiger charge is 2.30. The lowest BCUT2D eigenvalue weighted by atomic mass is 10.0. The molecule has 0 radical (unpaired) electrons. The van der Waals surface area contributed by atoms with Gasteiger partial charge in [-0.3, -0.25) is 4.79 Å². The second-order valence-electron chi connectivity index (χ2n) is 3.93. The molecule has 0 saturated heterocycles. The molecule has 0 spiro atoms. The van der Waals surface area contributed by atoms with Gasteiger partial charge in [-0.25, -0.2) is 30.7 Å². The molecule has 0 aromatic heterocycles. The molecule has 0 aliphatic heterocycles. The van der Waals surface area contributed by atoms with E-state index in [2.05, 4.69) is 0 Å². The lowest BCUT2D eigenvalue weighted by Gasteiger charge is -2.07. The van der Waals surface area contributed by atoms with Crippen molar-refractivity contribution in [3.8, 4) is 0 Å². The number of rotatable bonds is 2. The number of hydrogen-bond donors (Lipinski definition) is 0. The maximum atomic E-state index is 13.4. The van der Waals surface area contributed by atoms with Crippen LogP contribution in [-0.4, -0.2) is 5.78 Å². The van der Waals surface area contributed by atoms with Crippen LogP contribution in [0.4, 0.5) is 30.7 Å². The summed E-state index contributed by atoms with van der Waals surface area (Å²) in [7, 11) is 0. The Morgan fingerprint density at radius 2 is 1.00 bits per heavy atom. The average molecular weight is 308 g/mol. The topological polar surface area (TPSA) is 17.1 Å². The molecular weight excluding hydrogens is 305 g/mol. The van der Waals surface area contributed by atoms with Crippen molar-refractivity contribution >= 4 is 5.78 Å². The summed E-state index contributed by atoms with van der Waals surface area (Å²) >= 11 is 0. The van der Waals surface area contributed by atoms with Crippen molar-refractivity contribution in [2.24, 2.45) is 0 Å². The number of benzene rings is 2. The molecule has 0 bridgehead atoms. The van der Waals surface area contributed by atoms with Gasteiger partial charge in [-0.1, -0.05) is 0 Å². The Bertz CT molecular complexity index is 705. The molecule has 21 heavy (non-hydrogen) atoms. The zero-order valence-corrected chi connectivity index (χ0v) is 9.79. The van der Waals surface area contributed by atoms with E-state index >= 15 is 0 Å². The van der Waals surface area contributed by atoms with E-state index in [1.165, 1.54) is 0 Å². The lowest BCUT2D eigenvalue weighted by molar-refractivity contribution is 0.102. The monoisotopic (exact) mass is 308 g/mol. The highest BCUT2D eigenvalue weighted by Crippen LogP contribution is 2.25. The van der Waals surface area contributed by atoms with Gasteiger partial charge in [-0.15, -0.1) is 0 Å². The first-order valence-corrected chi connectivity index (χ1v) is 5.26. The van der Waals surface area contributed by atoms with Gasteiger partial charge < -0.3 is 0 Å². The maximum absolute atomic E-state index is 13.4. The fourth-order valence-corrected chi connectivity index (χ4v) is 1.63. The summed E-state index contributed by atoms with van der Waals surface area (Å²) in [6.07, 6.45) is 0. The second kappa shape index (κ2) is 5.19. The predicted octanol–water partition coefficient (Wildman–Crippen LogP) is 3.89. The fraction of sp³-hybridized carbons (Fsp3) is 0. The molecule has 0 fully saturated rings. The summed E-state index contributed by atoms with van der Waals surface area (Å²) in [5, 5.41) is 0. The third kappa shape index (κ3) is 2.48. The molecule has 2 aromatic rings. The molecule has 0 atom stereocenters. The first-order chi connectivity index (χ1) is 9.73. The molecule has 8 heteroatoms. The van der Waals surface area contributed by atoms with Gasteiger partial charge in [0, 0.05) is 11.6 Å². The Labute approximate surface area is 112 Å². The standard InChI is InChI=1S/C13H3F7O/c14-5-1-4(2-6(15)3-5)13(21)7-8(16)10(18)12(20)11(19)9(7)17/h1-3H. The van der Waals surface area contributed by atoms with E-state index in [0.717, 1.165) is 0 Å². The highest BCUT2D eigenvalue weighted by molar-refractivity contribution is 6.09. The van der Waals surface area contributed by atoms with E-state index in [0.29, 0.717) is 18.2 Å². The summed E-state index contributed by atoms with van der Waals surface area (Å²) in [5.41, 5.74) is -2.67. The minimum atomic E-state index is -2.44. The van der Waals surface area contributed by atoms with Crippen LogP contribution >= 0.6 is 0 Å². The van der Waals surface area contributed by atoms with E-state index in [4.69, 9.17) is 0 Å². The van der Waals surface area contributed by atoms with Gasteiger partial charge in [-0.05, 0) is 12.1 Å². The molecule has 0 aliphatic rings. The van der Waals surface area contributed by atoms with Crippen molar-refractivity contribution in [1.82, 2.24) is 0 Å². The van der Waals surface area contributed by atoms with Gasteiger partial charge >= 0.3 is 0 Å². The molecule has 2 aromatic carbocycles. The van der Waals surface area contributed by atoms with Crippen LogP contribution < -0.4 is 0 Å². The van der Waals surface area contributed by atoms with E-state index in [9.17, 15) is 35.5 Å². The van der Waals surface area contributed by atoms with Crippen LogP contribution in [0.25, 0.3) is 0 Å². The lowest BCUT2D eigenvalue weighted by Crippen LogP contribution is -2.14. The first-order valence-electron chi connectivity index (χ1n) is 5.26. The molecule has 0 unspecified atom stereocenters. The minimum Gasteiger partial charge on any atom is -0.288 e. The number of ketones is 1. The summed E-state index contributed by atoms with van der Waals surface area (Å²) in [5.74, 6) is -16.1. The van der Waals surface area contributed by atoms with Crippen LogP contribution in [0.5, 0.6) is 0 Å². The van der Waals surface area contributed by atoms with Crippen molar-refractivity contribution in [3.05, 3.63) is 70.0 Å². The van der Waals surface area contributed by atoms with Crippen molar-refractivity contribution < 1.29 is 35.5 Å².